The van der Waals surface area contributed by atoms with Crippen LogP contribution >= 0.6 is 0 Å². The number of methoxy groups -OCH3 is 1. The van der Waals surface area contributed by atoms with Crippen molar-refractivity contribution in [1.82, 2.24) is 0 Å². The Kier molecular flexibility index (Phi) is 4.54. The summed E-state index contributed by atoms with van der Waals surface area (Å²) in [6.45, 7) is 0. The van der Waals surface area contributed by atoms with Gasteiger partial charge in [-0.25, -0.2) is 0 Å². The number of carbonyl (C=O) groups is 2. The average molecular weight is 170 g/mol. The lowest BCUT2D eigenvalue weighted by Gasteiger charge is -2.07. The molecular formula is C8H10O4. The van der Waals surface area contributed by atoms with Crippen molar-refractivity contribution in [2.75, 3.05) is 7.11 Å². The molecule has 0 fully saturated rings. The summed E-state index contributed by atoms with van der Waals surface area (Å²) >= 11 is 0. The molecule has 0 heterocycles. The Morgan fingerprint density at radius 2 is 2.25 bits per heavy atom. The highest BCUT2D eigenvalue weighted by Crippen LogP contribution is 2.09. The fraction of sp³-hybridized carbons (Fsp3) is 0.500. The third-order valence-corrected chi connectivity index (χ3v) is 1.32. The summed E-state index contributed by atoms with van der Waals surface area (Å²) in [4.78, 5) is 21.1. The zero-order valence-corrected chi connectivity index (χ0v) is 6.74. The average Bonchev–Trinajstić information content (AvgIpc) is 2.01. The SMILES string of the molecule is C#CC[C@H](CC(=O)O)C(=O)OC. The molecule has 0 aliphatic heterocycles. The van der Waals surface area contributed by atoms with Gasteiger partial charge in [-0.2, -0.15) is 0 Å². The van der Waals surface area contributed by atoms with Gasteiger partial charge < -0.3 is 9.84 Å². The zero-order chi connectivity index (χ0) is 9.56. The number of ether oxygens (including phenoxy) is 1. The topological polar surface area (TPSA) is 63.6 Å². The lowest BCUT2D eigenvalue weighted by molar-refractivity contribution is -0.150. The number of esters is 1. The number of terminal acetylenes is 1. The van der Waals surface area contributed by atoms with Gasteiger partial charge in [-0.05, 0) is 0 Å². The molecular weight excluding hydrogens is 160 g/mol. The summed E-state index contributed by atoms with van der Waals surface area (Å²) in [5.41, 5.74) is 0. The van der Waals surface area contributed by atoms with Gasteiger partial charge in [-0.1, -0.05) is 0 Å². The molecule has 0 aromatic carbocycles. The standard InChI is InChI=1S/C8H10O4/c1-3-4-6(5-7(9)10)8(11)12-2/h1,6H,4-5H2,2H3,(H,9,10)/t6-/m1/s1. The van der Waals surface area contributed by atoms with Crippen LogP contribution in [0.4, 0.5) is 0 Å². The van der Waals surface area contributed by atoms with Gasteiger partial charge in [0.15, 0.2) is 0 Å². The molecule has 0 aliphatic carbocycles. The van der Waals surface area contributed by atoms with Crippen LogP contribution in [0, 0.1) is 18.3 Å². The van der Waals surface area contributed by atoms with E-state index >= 15 is 0 Å². The molecule has 0 aromatic rings. The third-order valence-electron chi connectivity index (χ3n) is 1.32. The quantitative estimate of drug-likeness (QED) is 0.486. The Morgan fingerprint density at radius 1 is 1.67 bits per heavy atom. The van der Waals surface area contributed by atoms with Crippen LogP contribution in [0.2, 0.25) is 0 Å². The van der Waals surface area contributed by atoms with Gasteiger partial charge in [-0.15, -0.1) is 12.3 Å². The van der Waals surface area contributed by atoms with E-state index in [1.165, 1.54) is 7.11 Å². The first kappa shape index (κ1) is 10.5. The highest BCUT2D eigenvalue weighted by Gasteiger charge is 2.20. The minimum Gasteiger partial charge on any atom is -0.481 e. The van der Waals surface area contributed by atoms with Crippen molar-refractivity contribution in [3.63, 3.8) is 0 Å². The van der Waals surface area contributed by atoms with Crippen LogP contribution in [-0.4, -0.2) is 24.2 Å². The first-order valence-electron chi connectivity index (χ1n) is 3.35. The number of carboxylic acids is 1. The molecule has 1 N–H and O–H groups in total. The number of aliphatic carboxylic acids is 1. The summed E-state index contributed by atoms with van der Waals surface area (Å²) in [5, 5.41) is 8.38. The van der Waals surface area contributed by atoms with Crippen molar-refractivity contribution in [2.45, 2.75) is 12.8 Å². The molecule has 0 aromatic heterocycles. The van der Waals surface area contributed by atoms with E-state index in [4.69, 9.17) is 11.5 Å². The monoisotopic (exact) mass is 170 g/mol. The molecule has 0 unspecified atom stereocenters. The number of hydrogen-bond donors (Lipinski definition) is 1. The maximum atomic E-state index is 10.9. The van der Waals surface area contributed by atoms with Crippen molar-refractivity contribution in [1.29, 1.82) is 0 Å². The molecule has 66 valence electrons. The fourth-order valence-corrected chi connectivity index (χ4v) is 0.759. The van der Waals surface area contributed by atoms with Crippen LogP contribution in [0.15, 0.2) is 0 Å². The van der Waals surface area contributed by atoms with Crippen molar-refractivity contribution < 1.29 is 19.4 Å². The van der Waals surface area contributed by atoms with E-state index in [1.807, 2.05) is 0 Å². The summed E-state index contributed by atoms with van der Waals surface area (Å²) in [5.74, 6) is -0.129. The van der Waals surface area contributed by atoms with Gasteiger partial charge in [0, 0.05) is 6.42 Å². The maximum Gasteiger partial charge on any atom is 0.310 e. The lowest BCUT2D eigenvalue weighted by atomic mass is 10.0. The summed E-state index contributed by atoms with van der Waals surface area (Å²) in [6, 6.07) is 0. The van der Waals surface area contributed by atoms with E-state index in [-0.39, 0.29) is 12.8 Å². The molecule has 1 atom stereocenters. The first-order chi connectivity index (χ1) is 5.61. The highest BCUT2D eigenvalue weighted by molar-refractivity contribution is 5.79. The molecule has 0 amide bonds. The first-order valence-corrected chi connectivity index (χ1v) is 3.35. The van der Waals surface area contributed by atoms with Crippen LogP contribution in [0.25, 0.3) is 0 Å². The van der Waals surface area contributed by atoms with E-state index in [9.17, 15) is 9.59 Å². The van der Waals surface area contributed by atoms with Gasteiger partial charge in [0.05, 0.1) is 19.4 Å². The molecule has 0 spiro atoms. The molecule has 0 radical (unpaired) electrons. The second-order valence-electron chi connectivity index (χ2n) is 2.23. The minimum atomic E-state index is -1.05. The Hall–Kier alpha value is -1.50. The Bertz CT molecular complexity index is 214. The Labute approximate surface area is 70.5 Å². The van der Waals surface area contributed by atoms with E-state index < -0.39 is 17.9 Å². The third kappa shape index (κ3) is 3.62. The van der Waals surface area contributed by atoms with Gasteiger partial charge in [0.1, 0.15) is 0 Å². The molecule has 0 saturated heterocycles. The van der Waals surface area contributed by atoms with Crippen LogP contribution in [0.3, 0.4) is 0 Å². The normalized spacial score (nSPS) is 11.3. The van der Waals surface area contributed by atoms with Crippen LogP contribution in [0.5, 0.6) is 0 Å². The summed E-state index contributed by atoms with van der Waals surface area (Å²) in [6.07, 6.45) is 4.76. The van der Waals surface area contributed by atoms with E-state index in [1.54, 1.807) is 0 Å². The van der Waals surface area contributed by atoms with Crippen LogP contribution in [0.1, 0.15) is 12.8 Å². The van der Waals surface area contributed by atoms with Gasteiger partial charge in [-0.3, -0.25) is 9.59 Å². The molecule has 0 bridgehead atoms. The summed E-state index contributed by atoms with van der Waals surface area (Å²) in [7, 11) is 1.20. The molecule has 0 saturated carbocycles. The number of carbonyl (C=O) groups excluding carboxylic acids is 1. The highest BCUT2D eigenvalue weighted by atomic mass is 16.5. The lowest BCUT2D eigenvalue weighted by Crippen LogP contribution is -2.19. The van der Waals surface area contributed by atoms with E-state index in [0.29, 0.717) is 0 Å². The van der Waals surface area contributed by atoms with Gasteiger partial charge >= 0.3 is 11.9 Å². The van der Waals surface area contributed by atoms with Crippen molar-refractivity contribution >= 4 is 11.9 Å². The minimum absolute atomic E-state index is 0.0962. The van der Waals surface area contributed by atoms with E-state index in [0.717, 1.165) is 0 Å². The largest absolute Gasteiger partial charge is 0.481 e. The molecule has 4 heteroatoms. The molecule has 12 heavy (non-hydrogen) atoms. The zero-order valence-electron chi connectivity index (χ0n) is 6.74. The van der Waals surface area contributed by atoms with E-state index in [2.05, 4.69) is 10.7 Å². The Balaban J connectivity index is 4.14. The second kappa shape index (κ2) is 5.19. The number of hydrogen-bond acceptors (Lipinski definition) is 3. The van der Waals surface area contributed by atoms with Gasteiger partial charge in [0.25, 0.3) is 0 Å². The maximum absolute atomic E-state index is 10.9. The van der Waals surface area contributed by atoms with Crippen LogP contribution < -0.4 is 0 Å². The molecule has 0 aliphatic rings. The van der Waals surface area contributed by atoms with Gasteiger partial charge in [0.2, 0.25) is 0 Å². The Morgan fingerprint density at radius 3 is 2.58 bits per heavy atom. The fourth-order valence-electron chi connectivity index (χ4n) is 0.759. The van der Waals surface area contributed by atoms with Crippen LogP contribution in [-0.2, 0) is 14.3 Å². The summed E-state index contributed by atoms with van der Waals surface area (Å²) < 4.78 is 4.37. The van der Waals surface area contributed by atoms with Crippen molar-refractivity contribution in [3.8, 4) is 12.3 Å². The molecule has 0 rings (SSSR count). The van der Waals surface area contributed by atoms with Crippen molar-refractivity contribution in [3.05, 3.63) is 0 Å². The predicted molar refractivity (Wildman–Crippen MR) is 41.2 cm³/mol. The number of rotatable bonds is 4. The second-order valence-corrected chi connectivity index (χ2v) is 2.23. The smallest absolute Gasteiger partial charge is 0.310 e. The molecule has 4 nitrogen and oxygen atoms in total. The predicted octanol–water partition coefficient (Wildman–Crippen LogP) is 0.274. The van der Waals surface area contributed by atoms with Crippen molar-refractivity contribution in [2.24, 2.45) is 5.92 Å². The number of carboxylic acid groups (broad SMARTS) is 1.